The van der Waals surface area contributed by atoms with E-state index in [1.54, 1.807) is 0 Å². The fourth-order valence-electron chi connectivity index (χ4n) is 2.08. The zero-order valence-electron chi connectivity index (χ0n) is 8.47. The Bertz CT molecular complexity index is 154. The molecular formula is C11H20O. The van der Waals surface area contributed by atoms with Gasteiger partial charge in [-0.2, -0.15) is 0 Å². The van der Waals surface area contributed by atoms with Crippen molar-refractivity contribution in [2.75, 3.05) is 0 Å². The van der Waals surface area contributed by atoms with Crippen molar-refractivity contribution in [2.45, 2.75) is 46.5 Å². The third-order valence-corrected chi connectivity index (χ3v) is 2.90. The van der Waals surface area contributed by atoms with Crippen molar-refractivity contribution in [2.24, 2.45) is 17.8 Å². The van der Waals surface area contributed by atoms with Gasteiger partial charge in [-0.3, -0.25) is 4.79 Å². The smallest absolute Gasteiger partial charge is 0.138 e. The third kappa shape index (κ3) is 2.09. The number of hydrogen-bond donors (Lipinski definition) is 0. The predicted molar refractivity (Wildman–Crippen MR) is 51.0 cm³/mol. The van der Waals surface area contributed by atoms with E-state index < -0.39 is 0 Å². The predicted octanol–water partition coefficient (Wildman–Crippen LogP) is 3.04. The number of carbonyl (C=O) groups excluding carboxylic acids is 1. The van der Waals surface area contributed by atoms with Crippen LogP contribution in [0.2, 0.25) is 0 Å². The Morgan fingerprint density at radius 2 is 2.00 bits per heavy atom. The van der Waals surface area contributed by atoms with Crippen molar-refractivity contribution < 1.29 is 4.79 Å². The second-order valence-electron chi connectivity index (χ2n) is 4.38. The first kappa shape index (κ1) is 9.76. The summed E-state index contributed by atoms with van der Waals surface area (Å²) >= 11 is 0. The number of carbonyl (C=O) groups is 1. The molecule has 1 saturated carbocycles. The molecule has 1 aliphatic rings. The topological polar surface area (TPSA) is 17.1 Å². The van der Waals surface area contributed by atoms with Crippen LogP contribution in [-0.2, 0) is 4.79 Å². The van der Waals surface area contributed by atoms with Crippen LogP contribution in [0.4, 0.5) is 0 Å². The molecule has 0 saturated heterocycles. The molecule has 1 rings (SSSR count). The number of Topliss-reactive ketones (excluding diaryl/α,β-unsaturated/α-hetero) is 1. The summed E-state index contributed by atoms with van der Waals surface area (Å²) in [6, 6.07) is 0. The van der Waals surface area contributed by atoms with E-state index in [-0.39, 0.29) is 5.92 Å². The van der Waals surface area contributed by atoms with Gasteiger partial charge in [0.1, 0.15) is 5.78 Å². The van der Waals surface area contributed by atoms with Gasteiger partial charge in [-0.05, 0) is 18.8 Å². The van der Waals surface area contributed by atoms with Gasteiger partial charge in [0, 0.05) is 11.8 Å². The molecule has 0 radical (unpaired) electrons. The summed E-state index contributed by atoms with van der Waals surface area (Å²) in [4.78, 5) is 11.5. The highest BCUT2D eigenvalue weighted by Gasteiger charge is 2.34. The Hall–Kier alpha value is -0.330. The van der Waals surface area contributed by atoms with Crippen molar-refractivity contribution in [3.05, 3.63) is 0 Å². The number of rotatable bonds is 4. The minimum absolute atomic E-state index is 0.248. The van der Waals surface area contributed by atoms with Gasteiger partial charge in [0.2, 0.25) is 0 Å². The largest absolute Gasteiger partial charge is 0.299 e. The lowest BCUT2D eigenvalue weighted by Gasteiger charge is -2.35. The zero-order valence-corrected chi connectivity index (χ0v) is 8.47. The highest BCUT2D eigenvalue weighted by Crippen LogP contribution is 2.38. The Morgan fingerprint density at radius 1 is 1.42 bits per heavy atom. The zero-order chi connectivity index (χ0) is 9.14. The third-order valence-electron chi connectivity index (χ3n) is 2.90. The van der Waals surface area contributed by atoms with Gasteiger partial charge in [-0.1, -0.05) is 33.6 Å². The molecule has 12 heavy (non-hydrogen) atoms. The van der Waals surface area contributed by atoms with Gasteiger partial charge in [0.05, 0.1) is 0 Å². The van der Waals surface area contributed by atoms with E-state index in [0.717, 1.165) is 5.92 Å². The fraction of sp³-hybridized carbons (Fsp3) is 0.909. The summed E-state index contributed by atoms with van der Waals surface area (Å²) in [5.41, 5.74) is 0. The molecule has 1 fully saturated rings. The first-order valence-corrected chi connectivity index (χ1v) is 5.18. The van der Waals surface area contributed by atoms with E-state index >= 15 is 0 Å². The van der Waals surface area contributed by atoms with E-state index in [1.165, 1.54) is 25.7 Å². The van der Waals surface area contributed by atoms with Gasteiger partial charge in [-0.25, -0.2) is 0 Å². The summed E-state index contributed by atoms with van der Waals surface area (Å²) in [7, 11) is 0. The van der Waals surface area contributed by atoms with Crippen LogP contribution in [0.15, 0.2) is 0 Å². The highest BCUT2D eigenvalue weighted by atomic mass is 16.1. The summed E-state index contributed by atoms with van der Waals surface area (Å²) in [5, 5.41) is 0. The molecule has 0 spiro atoms. The minimum atomic E-state index is 0.248. The van der Waals surface area contributed by atoms with Crippen LogP contribution in [0.5, 0.6) is 0 Å². The molecular weight excluding hydrogens is 148 g/mol. The van der Waals surface area contributed by atoms with Crippen molar-refractivity contribution in [1.29, 1.82) is 0 Å². The lowest BCUT2D eigenvalue weighted by Crippen LogP contribution is -2.32. The Balaban J connectivity index is 2.20. The van der Waals surface area contributed by atoms with Crippen LogP contribution in [0.3, 0.4) is 0 Å². The fourth-order valence-corrected chi connectivity index (χ4v) is 2.08. The molecule has 0 aromatic heterocycles. The van der Waals surface area contributed by atoms with Crippen molar-refractivity contribution >= 4 is 5.78 Å². The van der Waals surface area contributed by atoms with Crippen molar-refractivity contribution in [3.63, 3.8) is 0 Å². The SMILES string of the molecule is CCCC1CC(C(=O)C(C)C)C1. The molecule has 70 valence electrons. The molecule has 0 N–H and O–H groups in total. The molecule has 0 aromatic carbocycles. The van der Waals surface area contributed by atoms with E-state index in [0.29, 0.717) is 11.7 Å². The second kappa shape index (κ2) is 4.06. The molecule has 1 heteroatoms. The van der Waals surface area contributed by atoms with Crippen LogP contribution in [0.25, 0.3) is 0 Å². The van der Waals surface area contributed by atoms with E-state index in [2.05, 4.69) is 6.92 Å². The van der Waals surface area contributed by atoms with Gasteiger partial charge >= 0.3 is 0 Å². The van der Waals surface area contributed by atoms with E-state index in [4.69, 9.17) is 0 Å². The molecule has 1 nitrogen and oxygen atoms in total. The van der Waals surface area contributed by atoms with Crippen LogP contribution in [-0.4, -0.2) is 5.78 Å². The van der Waals surface area contributed by atoms with E-state index in [1.807, 2.05) is 13.8 Å². The van der Waals surface area contributed by atoms with Gasteiger partial charge in [-0.15, -0.1) is 0 Å². The normalized spacial score (nSPS) is 28.7. The average molecular weight is 168 g/mol. The van der Waals surface area contributed by atoms with Crippen LogP contribution >= 0.6 is 0 Å². The Labute approximate surface area is 75.5 Å². The van der Waals surface area contributed by atoms with Gasteiger partial charge < -0.3 is 0 Å². The lowest BCUT2D eigenvalue weighted by atomic mass is 9.69. The second-order valence-corrected chi connectivity index (χ2v) is 4.38. The molecule has 0 unspecified atom stereocenters. The van der Waals surface area contributed by atoms with Crippen LogP contribution in [0, 0.1) is 17.8 Å². The lowest BCUT2D eigenvalue weighted by molar-refractivity contribution is -0.130. The van der Waals surface area contributed by atoms with Crippen LogP contribution < -0.4 is 0 Å². The van der Waals surface area contributed by atoms with Crippen molar-refractivity contribution in [3.8, 4) is 0 Å². The maximum Gasteiger partial charge on any atom is 0.138 e. The number of ketones is 1. The number of hydrogen-bond acceptors (Lipinski definition) is 1. The molecule has 1 aliphatic carbocycles. The first-order valence-electron chi connectivity index (χ1n) is 5.18. The molecule has 0 bridgehead atoms. The summed E-state index contributed by atoms with van der Waals surface area (Å²) in [6.07, 6.45) is 4.94. The standard InChI is InChI=1S/C11H20O/c1-4-5-9-6-10(7-9)11(12)8(2)3/h8-10H,4-7H2,1-3H3. The molecule has 0 aromatic rings. The molecule has 0 aliphatic heterocycles. The molecule has 0 heterocycles. The minimum Gasteiger partial charge on any atom is -0.299 e. The average Bonchev–Trinajstić information content (AvgIpc) is 1.94. The molecule has 0 amide bonds. The first-order chi connectivity index (χ1) is 5.65. The van der Waals surface area contributed by atoms with Gasteiger partial charge in [0.15, 0.2) is 0 Å². The molecule has 0 atom stereocenters. The highest BCUT2D eigenvalue weighted by molar-refractivity contribution is 5.83. The maximum absolute atomic E-state index is 11.5. The summed E-state index contributed by atoms with van der Waals surface area (Å²) in [5.74, 6) is 2.02. The summed E-state index contributed by atoms with van der Waals surface area (Å²) < 4.78 is 0. The quantitative estimate of drug-likeness (QED) is 0.630. The van der Waals surface area contributed by atoms with Crippen LogP contribution in [0.1, 0.15) is 46.5 Å². The van der Waals surface area contributed by atoms with E-state index in [9.17, 15) is 4.79 Å². The van der Waals surface area contributed by atoms with Gasteiger partial charge in [0.25, 0.3) is 0 Å². The van der Waals surface area contributed by atoms with Crippen molar-refractivity contribution in [1.82, 2.24) is 0 Å². The Morgan fingerprint density at radius 3 is 2.42 bits per heavy atom. The monoisotopic (exact) mass is 168 g/mol. The Kier molecular flexibility index (Phi) is 3.30. The maximum atomic E-state index is 11.5. The summed E-state index contributed by atoms with van der Waals surface area (Å²) in [6.45, 7) is 6.24.